The molecule has 3 N–H and O–H groups in total. The molecule has 1 amide bonds. The van der Waals surface area contributed by atoms with E-state index in [1.165, 1.54) is 6.42 Å². The number of benzene rings is 1. The number of ether oxygens (including phenoxy) is 1. The number of carbonyl (C=O) groups excluding carboxylic acids is 1. The molecular formula is C21H29ClN4O2. The van der Waals surface area contributed by atoms with Crippen LogP contribution in [0.2, 0.25) is 0 Å². The van der Waals surface area contributed by atoms with Crippen molar-refractivity contribution in [3.63, 3.8) is 0 Å². The molecule has 2 fully saturated rings. The third-order valence-electron chi connectivity index (χ3n) is 6.11. The Morgan fingerprint density at radius 2 is 1.93 bits per heavy atom. The van der Waals surface area contributed by atoms with Crippen molar-refractivity contribution in [3.8, 4) is 17.0 Å². The second kappa shape index (κ2) is 8.53. The first-order valence-electron chi connectivity index (χ1n) is 9.80. The Morgan fingerprint density at radius 3 is 2.61 bits per heavy atom. The van der Waals surface area contributed by atoms with E-state index in [4.69, 9.17) is 10.5 Å². The third kappa shape index (κ3) is 3.89. The number of carbonyl (C=O) groups is 1. The van der Waals surface area contributed by atoms with Gasteiger partial charge in [-0.1, -0.05) is 18.6 Å². The van der Waals surface area contributed by atoms with Crippen molar-refractivity contribution < 1.29 is 9.53 Å². The van der Waals surface area contributed by atoms with Gasteiger partial charge in [-0.3, -0.25) is 9.48 Å². The Bertz CT molecular complexity index is 824. The summed E-state index contributed by atoms with van der Waals surface area (Å²) in [4.78, 5) is 13.2. The lowest BCUT2D eigenvalue weighted by atomic mass is 9.67. The molecule has 2 aromatic rings. The second-order valence-corrected chi connectivity index (χ2v) is 7.95. The molecule has 2 saturated carbocycles. The molecule has 2 bridgehead atoms. The van der Waals surface area contributed by atoms with Crippen molar-refractivity contribution in [1.82, 2.24) is 15.1 Å². The Kier molecular flexibility index (Phi) is 6.30. The number of aromatic nitrogens is 2. The summed E-state index contributed by atoms with van der Waals surface area (Å²) in [6.45, 7) is 0. The summed E-state index contributed by atoms with van der Waals surface area (Å²) in [5.41, 5.74) is 8.30. The molecule has 28 heavy (non-hydrogen) atoms. The largest absolute Gasteiger partial charge is 0.496 e. The van der Waals surface area contributed by atoms with Crippen LogP contribution in [-0.4, -0.2) is 34.9 Å². The first-order chi connectivity index (χ1) is 13.1. The molecule has 1 heterocycles. The Labute approximate surface area is 172 Å². The number of halogens is 1. The van der Waals surface area contributed by atoms with Crippen molar-refractivity contribution in [3.05, 3.63) is 36.0 Å². The van der Waals surface area contributed by atoms with Crippen LogP contribution in [0.1, 0.15) is 42.5 Å². The molecule has 0 spiro atoms. The molecule has 152 valence electrons. The molecule has 1 aromatic heterocycles. The van der Waals surface area contributed by atoms with Gasteiger partial charge in [-0.05, 0) is 49.7 Å². The van der Waals surface area contributed by atoms with Crippen LogP contribution in [0.4, 0.5) is 0 Å². The quantitative estimate of drug-likeness (QED) is 0.820. The molecule has 4 rings (SSSR count). The fourth-order valence-electron chi connectivity index (χ4n) is 4.95. The lowest BCUT2D eigenvalue weighted by Gasteiger charge is -2.45. The number of aryl methyl sites for hydroxylation is 1. The van der Waals surface area contributed by atoms with Crippen molar-refractivity contribution in [1.29, 1.82) is 0 Å². The van der Waals surface area contributed by atoms with E-state index in [1.807, 2.05) is 31.3 Å². The maximum Gasteiger partial charge on any atom is 0.255 e. The maximum atomic E-state index is 13.2. The van der Waals surface area contributed by atoms with E-state index in [0.717, 1.165) is 31.2 Å². The third-order valence-corrected chi connectivity index (χ3v) is 6.11. The Balaban J connectivity index is 0.00000225. The summed E-state index contributed by atoms with van der Waals surface area (Å²) in [7, 11) is 3.47. The van der Waals surface area contributed by atoms with Gasteiger partial charge in [0, 0.05) is 30.9 Å². The maximum absolute atomic E-state index is 13.2. The van der Waals surface area contributed by atoms with Gasteiger partial charge < -0.3 is 15.8 Å². The van der Waals surface area contributed by atoms with Crippen LogP contribution in [0.5, 0.6) is 5.75 Å². The van der Waals surface area contributed by atoms with E-state index in [9.17, 15) is 4.79 Å². The minimum absolute atomic E-state index is 0. The number of nitrogens with zero attached hydrogens (tertiary/aromatic N) is 2. The highest BCUT2D eigenvalue weighted by molar-refractivity contribution is 6.00. The molecular weight excluding hydrogens is 376 g/mol. The van der Waals surface area contributed by atoms with E-state index in [1.54, 1.807) is 18.0 Å². The van der Waals surface area contributed by atoms with Gasteiger partial charge in [0.1, 0.15) is 11.4 Å². The van der Waals surface area contributed by atoms with Crippen molar-refractivity contribution in [2.75, 3.05) is 7.11 Å². The fraction of sp³-hybridized carbons (Fsp3) is 0.524. The molecule has 0 radical (unpaired) electrons. The number of methoxy groups -OCH3 is 1. The lowest BCUT2D eigenvalue weighted by Crippen LogP contribution is -2.53. The smallest absolute Gasteiger partial charge is 0.255 e. The van der Waals surface area contributed by atoms with Crippen LogP contribution in [0.3, 0.4) is 0 Å². The zero-order chi connectivity index (χ0) is 19.0. The first kappa shape index (κ1) is 20.7. The van der Waals surface area contributed by atoms with Crippen LogP contribution in [0, 0.1) is 11.8 Å². The van der Waals surface area contributed by atoms with Gasteiger partial charge in [0.15, 0.2) is 0 Å². The van der Waals surface area contributed by atoms with Crippen LogP contribution in [0.15, 0.2) is 30.5 Å². The number of fused-ring (bicyclic) bond motifs is 2. The summed E-state index contributed by atoms with van der Waals surface area (Å²) in [6, 6.07) is 8.16. The Hall–Kier alpha value is -2.05. The van der Waals surface area contributed by atoms with Gasteiger partial charge in [-0.15, -0.1) is 12.4 Å². The Morgan fingerprint density at radius 1 is 1.25 bits per heavy atom. The highest BCUT2D eigenvalue weighted by Gasteiger charge is 2.40. The average molecular weight is 405 g/mol. The summed E-state index contributed by atoms with van der Waals surface area (Å²) >= 11 is 0. The lowest BCUT2D eigenvalue weighted by molar-refractivity contribution is 0.0756. The molecule has 0 saturated heterocycles. The standard InChI is InChI=1S/C21H28N4O2.ClH/c1-25-12-17(20(24-25)16-8-3-4-9-18(16)27-2)21(26)23-19-13-6-5-7-14(19)11-15(22)10-13;/h3-4,8-9,12-15,19H,5-7,10-11,22H2,1-2H3,(H,23,26);1H. The van der Waals surface area contributed by atoms with Gasteiger partial charge in [-0.25, -0.2) is 0 Å². The number of amides is 1. The van der Waals surface area contributed by atoms with Crippen LogP contribution in [-0.2, 0) is 7.05 Å². The topological polar surface area (TPSA) is 82.2 Å². The molecule has 2 unspecified atom stereocenters. The SMILES string of the molecule is COc1ccccc1-c1nn(C)cc1C(=O)NC1C2CCCC1CC(N)C2.Cl. The van der Waals surface area contributed by atoms with E-state index in [-0.39, 0.29) is 30.4 Å². The van der Waals surface area contributed by atoms with Crippen LogP contribution in [0.25, 0.3) is 11.3 Å². The minimum Gasteiger partial charge on any atom is -0.496 e. The molecule has 1 aromatic carbocycles. The highest BCUT2D eigenvalue weighted by atomic mass is 35.5. The van der Waals surface area contributed by atoms with E-state index < -0.39 is 0 Å². The predicted octanol–water partition coefficient (Wildman–Crippen LogP) is 3.15. The molecule has 0 aliphatic heterocycles. The number of rotatable bonds is 4. The molecule has 7 heteroatoms. The number of nitrogens with one attached hydrogen (secondary N) is 1. The van der Waals surface area contributed by atoms with Crippen molar-refractivity contribution in [2.24, 2.45) is 24.6 Å². The minimum atomic E-state index is -0.0543. The van der Waals surface area contributed by atoms with E-state index in [2.05, 4.69) is 10.4 Å². The van der Waals surface area contributed by atoms with Crippen molar-refractivity contribution >= 4 is 18.3 Å². The fourth-order valence-corrected chi connectivity index (χ4v) is 4.95. The summed E-state index contributed by atoms with van der Waals surface area (Å²) < 4.78 is 7.16. The number of nitrogens with two attached hydrogens (primary N) is 1. The zero-order valence-electron chi connectivity index (χ0n) is 16.4. The summed E-state index contributed by atoms with van der Waals surface area (Å²) in [5.74, 6) is 1.64. The zero-order valence-corrected chi connectivity index (χ0v) is 17.2. The van der Waals surface area contributed by atoms with Gasteiger partial charge in [0.2, 0.25) is 0 Å². The summed E-state index contributed by atoms with van der Waals surface area (Å²) in [5, 5.41) is 7.87. The highest BCUT2D eigenvalue weighted by Crippen LogP contribution is 2.40. The molecule has 2 aliphatic rings. The molecule has 2 atom stereocenters. The summed E-state index contributed by atoms with van der Waals surface area (Å²) in [6.07, 6.45) is 7.36. The van der Waals surface area contributed by atoms with Gasteiger partial charge >= 0.3 is 0 Å². The number of para-hydroxylation sites is 1. The monoisotopic (exact) mass is 404 g/mol. The van der Waals surface area contributed by atoms with E-state index >= 15 is 0 Å². The van der Waals surface area contributed by atoms with E-state index in [0.29, 0.717) is 28.8 Å². The molecule has 6 nitrogen and oxygen atoms in total. The van der Waals surface area contributed by atoms with Gasteiger partial charge in [0.05, 0.1) is 12.7 Å². The molecule has 2 aliphatic carbocycles. The van der Waals surface area contributed by atoms with Crippen LogP contribution < -0.4 is 15.8 Å². The number of hydrogen-bond acceptors (Lipinski definition) is 4. The second-order valence-electron chi connectivity index (χ2n) is 7.95. The predicted molar refractivity (Wildman–Crippen MR) is 112 cm³/mol. The van der Waals surface area contributed by atoms with Gasteiger partial charge in [0.25, 0.3) is 5.91 Å². The first-order valence-corrected chi connectivity index (χ1v) is 9.80. The van der Waals surface area contributed by atoms with Crippen LogP contribution >= 0.6 is 12.4 Å². The average Bonchev–Trinajstić information content (AvgIpc) is 3.04. The van der Waals surface area contributed by atoms with Crippen molar-refractivity contribution in [2.45, 2.75) is 44.2 Å². The van der Waals surface area contributed by atoms with Gasteiger partial charge in [-0.2, -0.15) is 5.10 Å². The number of hydrogen-bond donors (Lipinski definition) is 2. The normalized spacial score (nSPS) is 26.2.